The lowest BCUT2D eigenvalue weighted by Crippen LogP contribution is -2.54. The topological polar surface area (TPSA) is 45.1 Å². The van der Waals surface area contributed by atoms with Crippen LogP contribution in [0, 0.1) is 5.82 Å². The summed E-state index contributed by atoms with van der Waals surface area (Å²) < 4.78 is 95.8. The quantitative estimate of drug-likeness (QED) is 0.825. The van der Waals surface area contributed by atoms with Gasteiger partial charge in [0, 0.05) is 12.6 Å². The third-order valence-electron chi connectivity index (χ3n) is 3.40. The number of amidine groups is 1. The molecule has 4 nitrogen and oxygen atoms in total. The molecular formula is C13H11F7N2O2. The smallest absolute Gasteiger partial charge is 0.430 e. The Morgan fingerprint density at radius 3 is 2.12 bits per heavy atom. The molecule has 0 saturated heterocycles. The Morgan fingerprint density at radius 1 is 1.12 bits per heavy atom. The van der Waals surface area contributed by atoms with E-state index in [1.54, 1.807) is 0 Å². The van der Waals surface area contributed by atoms with E-state index in [1.807, 2.05) is 0 Å². The molecule has 0 amide bonds. The summed E-state index contributed by atoms with van der Waals surface area (Å²) in [6.45, 7) is 0.516. The van der Waals surface area contributed by atoms with Crippen LogP contribution in [0.4, 0.5) is 36.4 Å². The Morgan fingerprint density at radius 2 is 1.71 bits per heavy atom. The number of benzene rings is 1. The highest BCUT2D eigenvalue weighted by Crippen LogP contribution is 2.50. The van der Waals surface area contributed by atoms with Crippen LogP contribution in [0.5, 0.6) is 0 Å². The molecule has 0 bridgehead atoms. The average molecular weight is 360 g/mol. The highest BCUT2D eigenvalue weighted by molar-refractivity contribution is 5.92. The van der Waals surface area contributed by atoms with Crippen molar-refractivity contribution in [2.75, 3.05) is 25.1 Å². The zero-order valence-corrected chi connectivity index (χ0v) is 12.0. The first-order valence-corrected chi connectivity index (χ1v) is 6.46. The number of hydrogen-bond acceptors (Lipinski definition) is 4. The standard InChI is InChI=1S/C13H11F7N2O2/c1-22(10-21-4-5-24-10)9-3-2-7(6-8(9)14)11(23,12(15,16)17)13(18,19)20/h2-3,6,23H,4-5H2,1H3. The lowest BCUT2D eigenvalue weighted by atomic mass is 9.92. The maximum atomic E-state index is 14.1. The first-order chi connectivity index (χ1) is 10.9. The summed E-state index contributed by atoms with van der Waals surface area (Å²) in [6, 6.07) is 0.994. The Balaban J connectivity index is 2.48. The van der Waals surface area contributed by atoms with Crippen molar-refractivity contribution < 1.29 is 40.6 Å². The number of anilines is 1. The van der Waals surface area contributed by atoms with E-state index in [4.69, 9.17) is 4.74 Å². The van der Waals surface area contributed by atoms with Gasteiger partial charge in [-0.2, -0.15) is 26.3 Å². The van der Waals surface area contributed by atoms with Crippen molar-refractivity contribution >= 4 is 11.7 Å². The molecule has 0 aliphatic carbocycles. The molecule has 0 spiro atoms. The second-order valence-electron chi connectivity index (χ2n) is 4.94. The molecule has 1 N–H and O–H groups in total. The van der Waals surface area contributed by atoms with Crippen molar-refractivity contribution in [2.45, 2.75) is 18.0 Å². The molecule has 0 atom stereocenters. The van der Waals surface area contributed by atoms with Gasteiger partial charge < -0.3 is 9.84 Å². The summed E-state index contributed by atoms with van der Waals surface area (Å²) in [5, 5.41) is 9.24. The summed E-state index contributed by atoms with van der Waals surface area (Å²) in [7, 11) is 1.28. The number of ether oxygens (including phenoxy) is 1. The van der Waals surface area contributed by atoms with Crippen LogP contribution in [-0.4, -0.2) is 43.7 Å². The molecule has 134 valence electrons. The molecule has 0 radical (unpaired) electrons. The van der Waals surface area contributed by atoms with Gasteiger partial charge in [0.1, 0.15) is 12.4 Å². The first kappa shape index (κ1) is 18.3. The Bertz CT molecular complexity index is 641. The Hall–Kier alpha value is -2.04. The van der Waals surface area contributed by atoms with E-state index in [0.717, 1.165) is 4.90 Å². The van der Waals surface area contributed by atoms with Crippen LogP contribution >= 0.6 is 0 Å². The minimum atomic E-state index is -6.08. The van der Waals surface area contributed by atoms with E-state index < -0.39 is 29.3 Å². The van der Waals surface area contributed by atoms with Crippen molar-refractivity contribution in [1.82, 2.24) is 0 Å². The largest absolute Gasteiger partial charge is 0.463 e. The highest BCUT2D eigenvalue weighted by Gasteiger charge is 2.71. The number of halogens is 7. The number of rotatable bonds is 2. The summed E-state index contributed by atoms with van der Waals surface area (Å²) in [4.78, 5) is 4.88. The lowest BCUT2D eigenvalue weighted by Gasteiger charge is -2.33. The maximum Gasteiger partial charge on any atom is 0.430 e. The third kappa shape index (κ3) is 2.87. The van der Waals surface area contributed by atoms with Crippen LogP contribution in [0.1, 0.15) is 5.56 Å². The SMILES string of the molecule is CN(C1=NCCO1)c1ccc(C(O)(C(F)(F)F)C(F)(F)F)cc1F. The molecule has 2 rings (SSSR count). The third-order valence-corrected chi connectivity index (χ3v) is 3.40. The van der Waals surface area contributed by atoms with Gasteiger partial charge in [0.15, 0.2) is 0 Å². The predicted molar refractivity (Wildman–Crippen MR) is 69.1 cm³/mol. The summed E-state index contributed by atoms with van der Waals surface area (Å²) in [5.41, 5.74) is -7.21. The molecule has 1 aliphatic rings. The van der Waals surface area contributed by atoms with E-state index >= 15 is 0 Å². The average Bonchev–Trinajstić information content (AvgIpc) is 2.97. The van der Waals surface area contributed by atoms with Gasteiger partial charge in [-0.25, -0.2) is 9.38 Å². The van der Waals surface area contributed by atoms with Gasteiger partial charge in [0.05, 0.1) is 12.2 Å². The van der Waals surface area contributed by atoms with E-state index in [2.05, 4.69) is 4.99 Å². The van der Waals surface area contributed by atoms with Crippen LogP contribution in [0.2, 0.25) is 0 Å². The molecule has 0 unspecified atom stereocenters. The van der Waals surface area contributed by atoms with Crippen LogP contribution in [0.25, 0.3) is 0 Å². The molecule has 0 aromatic heterocycles. The molecule has 24 heavy (non-hydrogen) atoms. The van der Waals surface area contributed by atoms with Gasteiger partial charge in [-0.15, -0.1) is 0 Å². The van der Waals surface area contributed by atoms with Crippen molar-refractivity contribution in [3.8, 4) is 0 Å². The molecule has 11 heteroatoms. The summed E-state index contributed by atoms with van der Waals surface area (Å²) in [6.07, 6.45) is -12.2. The first-order valence-electron chi connectivity index (χ1n) is 6.46. The molecule has 1 heterocycles. The Labute approximate surface area is 131 Å². The van der Waals surface area contributed by atoms with Crippen LogP contribution < -0.4 is 4.90 Å². The molecule has 1 aromatic carbocycles. The fraction of sp³-hybridized carbons (Fsp3) is 0.462. The van der Waals surface area contributed by atoms with Gasteiger partial charge in [-0.05, 0) is 12.1 Å². The fourth-order valence-corrected chi connectivity index (χ4v) is 2.12. The highest BCUT2D eigenvalue weighted by atomic mass is 19.4. The number of aliphatic hydroxyl groups is 1. The van der Waals surface area contributed by atoms with Gasteiger partial charge >= 0.3 is 12.4 Å². The minimum absolute atomic E-state index is 0.0116. The molecule has 1 aliphatic heterocycles. The van der Waals surface area contributed by atoms with E-state index in [9.17, 15) is 35.8 Å². The normalized spacial score (nSPS) is 16.0. The van der Waals surface area contributed by atoms with E-state index in [-0.39, 0.29) is 24.4 Å². The van der Waals surface area contributed by atoms with Crippen molar-refractivity contribution in [2.24, 2.45) is 4.99 Å². The number of alkyl halides is 6. The van der Waals surface area contributed by atoms with E-state index in [0.29, 0.717) is 18.7 Å². The Kier molecular flexibility index (Phi) is 4.42. The van der Waals surface area contributed by atoms with Crippen LogP contribution in [-0.2, 0) is 10.3 Å². The number of nitrogens with zero attached hydrogens (tertiary/aromatic N) is 2. The predicted octanol–water partition coefficient (Wildman–Crippen LogP) is 2.96. The summed E-state index contributed by atoms with van der Waals surface area (Å²) in [5.74, 6) is -1.40. The van der Waals surface area contributed by atoms with Crippen LogP contribution in [0.15, 0.2) is 23.2 Å². The zero-order chi connectivity index (χ0) is 18.3. The van der Waals surface area contributed by atoms with Crippen LogP contribution in [0.3, 0.4) is 0 Å². The molecule has 0 saturated carbocycles. The van der Waals surface area contributed by atoms with Gasteiger partial charge in [-0.1, -0.05) is 6.07 Å². The van der Waals surface area contributed by atoms with E-state index in [1.165, 1.54) is 7.05 Å². The molecule has 1 aromatic rings. The second-order valence-corrected chi connectivity index (χ2v) is 4.94. The summed E-state index contributed by atoms with van der Waals surface area (Å²) >= 11 is 0. The number of aliphatic imine (C=N–C) groups is 1. The lowest BCUT2D eigenvalue weighted by molar-refractivity contribution is -0.376. The molecular weight excluding hydrogens is 349 g/mol. The second kappa shape index (κ2) is 5.80. The van der Waals surface area contributed by atoms with Crippen molar-refractivity contribution in [3.05, 3.63) is 29.6 Å². The fourth-order valence-electron chi connectivity index (χ4n) is 2.12. The van der Waals surface area contributed by atoms with Crippen molar-refractivity contribution in [3.63, 3.8) is 0 Å². The monoisotopic (exact) mass is 360 g/mol. The minimum Gasteiger partial charge on any atom is -0.463 e. The zero-order valence-electron chi connectivity index (χ0n) is 12.0. The molecule has 0 fully saturated rings. The van der Waals surface area contributed by atoms with Gasteiger partial charge in [0.25, 0.3) is 11.6 Å². The van der Waals surface area contributed by atoms with Gasteiger partial charge in [-0.3, -0.25) is 4.90 Å². The maximum absolute atomic E-state index is 14.1. The number of hydrogen-bond donors (Lipinski definition) is 1. The van der Waals surface area contributed by atoms with Crippen molar-refractivity contribution in [1.29, 1.82) is 0 Å². The van der Waals surface area contributed by atoms with Gasteiger partial charge in [0.2, 0.25) is 0 Å².